The number of rotatable bonds is 5. The molecule has 1 aliphatic heterocycles. The summed E-state index contributed by atoms with van der Waals surface area (Å²) in [5.74, 6) is 1.07. The van der Waals surface area contributed by atoms with Crippen LogP contribution in [-0.4, -0.2) is 34.3 Å². The maximum Gasteiger partial charge on any atom is 0.227 e. The molecule has 0 radical (unpaired) electrons. The molecule has 3 aromatic rings. The molecule has 2 aromatic heterocycles. The average Bonchev–Trinajstić information content (AvgIpc) is 2.75. The maximum absolute atomic E-state index is 9.59. The molecule has 0 unspecified atom stereocenters. The van der Waals surface area contributed by atoms with Crippen LogP contribution in [0.15, 0.2) is 48.9 Å². The summed E-state index contributed by atoms with van der Waals surface area (Å²) in [6.45, 7) is 3.36. The molecule has 29 heavy (non-hydrogen) atoms. The molecule has 4 rings (SSSR count). The van der Waals surface area contributed by atoms with Gasteiger partial charge in [-0.05, 0) is 42.8 Å². The highest BCUT2D eigenvalue weighted by molar-refractivity contribution is 5.65. The molecule has 7 heteroatoms. The topological polar surface area (TPSA) is 93.0 Å². The second-order valence-electron chi connectivity index (χ2n) is 6.89. The molecule has 0 bridgehead atoms. The SMILES string of the molecule is Cc1cncc(Nc2nccc(-c3ccc(OC4CCOCC4)c(C#N)c3)n2)c1. The van der Waals surface area contributed by atoms with Gasteiger partial charge >= 0.3 is 0 Å². The van der Waals surface area contributed by atoms with Crippen LogP contribution in [0.5, 0.6) is 5.75 Å². The van der Waals surface area contributed by atoms with Crippen LogP contribution in [-0.2, 0) is 4.74 Å². The number of anilines is 2. The molecule has 0 amide bonds. The highest BCUT2D eigenvalue weighted by atomic mass is 16.5. The van der Waals surface area contributed by atoms with Gasteiger partial charge in [0.05, 0.1) is 36.4 Å². The lowest BCUT2D eigenvalue weighted by Crippen LogP contribution is -2.26. The van der Waals surface area contributed by atoms with E-state index in [9.17, 15) is 5.26 Å². The summed E-state index contributed by atoms with van der Waals surface area (Å²) in [7, 11) is 0. The van der Waals surface area contributed by atoms with E-state index in [-0.39, 0.29) is 6.10 Å². The Morgan fingerprint density at radius 3 is 2.83 bits per heavy atom. The van der Waals surface area contributed by atoms with Crippen LogP contribution < -0.4 is 10.1 Å². The summed E-state index contributed by atoms with van der Waals surface area (Å²) in [6, 6.07) is 11.6. The van der Waals surface area contributed by atoms with Crippen molar-refractivity contribution in [3.63, 3.8) is 0 Å². The number of nitriles is 1. The first kappa shape index (κ1) is 18.8. The van der Waals surface area contributed by atoms with Crippen molar-refractivity contribution >= 4 is 11.6 Å². The minimum Gasteiger partial charge on any atom is -0.489 e. The Morgan fingerprint density at radius 1 is 1.17 bits per heavy atom. The predicted molar refractivity (Wildman–Crippen MR) is 109 cm³/mol. The Balaban J connectivity index is 1.55. The lowest BCUT2D eigenvalue weighted by atomic mass is 10.1. The van der Waals surface area contributed by atoms with Crippen LogP contribution in [0.1, 0.15) is 24.0 Å². The van der Waals surface area contributed by atoms with E-state index in [1.54, 1.807) is 24.7 Å². The fourth-order valence-corrected chi connectivity index (χ4v) is 3.18. The molecule has 1 saturated heterocycles. The summed E-state index contributed by atoms with van der Waals surface area (Å²) in [5, 5.41) is 12.8. The van der Waals surface area contributed by atoms with Crippen LogP contribution in [0, 0.1) is 18.3 Å². The minimum absolute atomic E-state index is 0.0829. The Morgan fingerprint density at radius 2 is 2.03 bits per heavy atom. The third-order valence-electron chi connectivity index (χ3n) is 4.64. The van der Waals surface area contributed by atoms with Gasteiger partial charge in [0, 0.05) is 30.8 Å². The monoisotopic (exact) mass is 387 g/mol. The zero-order valence-electron chi connectivity index (χ0n) is 16.1. The number of ether oxygens (including phenoxy) is 2. The molecule has 146 valence electrons. The number of nitrogens with one attached hydrogen (secondary N) is 1. The summed E-state index contributed by atoms with van der Waals surface area (Å²) in [6.07, 6.45) is 6.95. The average molecular weight is 387 g/mol. The molecule has 0 spiro atoms. The largest absolute Gasteiger partial charge is 0.489 e. The van der Waals surface area contributed by atoms with E-state index < -0.39 is 0 Å². The normalized spacial score (nSPS) is 14.2. The van der Waals surface area contributed by atoms with E-state index in [0.717, 1.165) is 35.3 Å². The van der Waals surface area contributed by atoms with Crippen LogP contribution in [0.3, 0.4) is 0 Å². The molecule has 3 heterocycles. The lowest BCUT2D eigenvalue weighted by Gasteiger charge is -2.23. The van der Waals surface area contributed by atoms with Crippen molar-refractivity contribution in [2.45, 2.75) is 25.9 Å². The summed E-state index contributed by atoms with van der Waals surface area (Å²) in [5.41, 5.74) is 3.90. The molecule has 0 saturated carbocycles. The summed E-state index contributed by atoms with van der Waals surface area (Å²) < 4.78 is 11.4. The number of nitrogens with zero attached hydrogens (tertiary/aromatic N) is 4. The van der Waals surface area contributed by atoms with Gasteiger partial charge in [-0.15, -0.1) is 0 Å². The molecular formula is C22H21N5O2. The molecule has 0 aliphatic carbocycles. The Bertz CT molecular complexity index is 1040. The standard InChI is InChI=1S/C22H21N5O2/c1-15-10-18(14-24-13-15)26-22-25-7-4-20(27-22)16-2-3-21(17(11-16)12-23)29-19-5-8-28-9-6-19/h2-4,7,10-11,13-14,19H,5-6,8-9H2,1H3,(H,25,26,27). The first-order chi connectivity index (χ1) is 14.2. The quantitative estimate of drug-likeness (QED) is 0.707. The number of hydrogen-bond donors (Lipinski definition) is 1. The smallest absolute Gasteiger partial charge is 0.227 e. The van der Waals surface area contributed by atoms with Crippen molar-refractivity contribution in [3.05, 3.63) is 60.0 Å². The zero-order valence-corrected chi connectivity index (χ0v) is 16.1. The summed E-state index contributed by atoms with van der Waals surface area (Å²) in [4.78, 5) is 13.0. The van der Waals surface area contributed by atoms with Gasteiger partial charge in [-0.1, -0.05) is 0 Å². The van der Waals surface area contributed by atoms with Gasteiger partial charge in [0.15, 0.2) is 0 Å². The maximum atomic E-state index is 9.59. The van der Waals surface area contributed by atoms with Crippen LogP contribution in [0.25, 0.3) is 11.3 Å². The highest BCUT2D eigenvalue weighted by Crippen LogP contribution is 2.28. The first-order valence-corrected chi connectivity index (χ1v) is 9.52. The predicted octanol–water partition coefficient (Wildman–Crippen LogP) is 4.02. The van der Waals surface area contributed by atoms with Gasteiger partial charge in [-0.25, -0.2) is 9.97 Å². The van der Waals surface area contributed by atoms with Crippen molar-refractivity contribution in [2.24, 2.45) is 0 Å². The minimum atomic E-state index is 0.0829. The Kier molecular flexibility index (Phi) is 5.63. The number of pyridine rings is 1. The van der Waals surface area contributed by atoms with Gasteiger partial charge in [0.2, 0.25) is 5.95 Å². The van der Waals surface area contributed by atoms with Crippen LogP contribution in [0.2, 0.25) is 0 Å². The van der Waals surface area contributed by atoms with E-state index in [4.69, 9.17) is 9.47 Å². The van der Waals surface area contributed by atoms with E-state index >= 15 is 0 Å². The second-order valence-corrected chi connectivity index (χ2v) is 6.89. The van der Waals surface area contributed by atoms with Crippen molar-refractivity contribution in [1.29, 1.82) is 5.26 Å². The van der Waals surface area contributed by atoms with Crippen molar-refractivity contribution < 1.29 is 9.47 Å². The Labute approximate surface area is 169 Å². The van der Waals surface area contributed by atoms with Gasteiger partial charge < -0.3 is 14.8 Å². The van der Waals surface area contributed by atoms with E-state index in [1.807, 2.05) is 31.2 Å². The van der Waals surface area contributed by atoms with Crippen molar-refractivity contribution in [2.75, 3.05) is 18.5 Å². The van der Waals surface area contributed by atoms with E-state index in [2.05, 4.69) is 26.3 Å². The van der Waals surface area contributed by atoms with E-state index in [0.29, 0.717) is 30.5 Å². The number of aryl methyl sites for hydroxylation is 1. The molecule has 1 aromatic carbocycles. The third kappa shape index (κ3) is 4.68. The number of benzene rings is 1. The third-order valence-corrected chi connectivity index (χ3v) is 4.64. The fraction of sp³-hybridized carbons (Fsp3) is 0.273. The molecule has 1 N–H and O–H groups in total. The number of aromatic nitrogens is 3. The van der Waals surface area contributed by atoms with Crippen molar-refractivity contribution in [3.8, 4) is 23.1 Å². The fourth-order valence-electron chi connectivity index (χ4n) is 3.18. The molecule has 7 nitrogen and oxygen atoms in total. The van der Waals surface area contributed by atoms with Gasteiger partial charge in [0.1, 0.15) is 17.9 Å². The van der Waals surface area contributed by atoms with Crippen LogP contribution >= 0.6 is 0 Å². The van der Waals surface area contributed by atoms with Crippen LogP contribution in [0.4, 0.5) is 11.6 Å². The van der Waals surface area contributed by atoms with Gasteiger partial charge in [0.25, 0.3) is 0 Å². The van der Waals surface area contributed by atoms with E-state index in [1.165, 1.54) is 0 Å². The second kappa shape index (κ2) is 8.67. The molecule has 1 aliphatic rings. The lowest BCUT2D eigenvalue weighted by molar-refractivity contribution is 0.0254. The summed E-state index contributed by atoms with van der Waals surface area (Å²) >= 11 is 0. The first-order valence-electron chi connectivity index (χ1n) is 9.52. The molecule has 1 fully saturated rings. The highest BCUT2D eigenvalue weighted by Gasteiger charge is 2.17. The van der Waals surface area contributed by atoms with Gasteiger partial charge in [-0.2, -0.15) is 5.26 Å². The molecular weight excluding hydrogens is 366 g/mol. The zero-order chi connectivity index (χ0) is 20.1. The Hall–Kier alpha value is -3.50. The molecule has 0 atom stereocenters. The van der Waals surface area contributed by atoms with Gasteiger partial charge in [-0.3, -0.25) is 4.98 Å². The van der Waals surface area contributed by atoms with Crippen molar-refractivity contribution in [1.82, 2.24) is 15.0 Å². The number of hydrogen-bond acceptors (Lipinski definition) is 7.